The molecule has 0 radical (unpaired) electrons. The van der Waals surface area contributed by atoms with Gasteiger partial charge in [0.25, 0.3) is 5.69 Å². The second-order valence-corrected chi connectivity index (χ2v) is 5.18. The number of rotatable bonds is 4. The van der Waals surface area contributed by atoms with Crippen LogP contribution in [0.25, 0.3) is 6.08 Å². The smallest absolute Gasteiger partial charge is 0.271 e. The van der Waals surface area contributed by atoms with Crippen molar-refractivity contribution < 1.29 is 14.5 Å². The van der Waals surface area contributed by atoms with Crippen LogP contribution in [-0.4, -0.2) is 17.4 Å². The Balaban J connectivity index is 1.67. The second kappa shape index (κ2) is 6.78. The molecule has 1 heterocycles. The fraction of sp³-hybridized carbons (Fsp3) is 0.0556. The maximum atomic E-state index is 11.9. The molecule has 0 aliphatic carbocycles. The molecule has 3 rings (SSSR count). The quantitative estimate of drug-likeness (QED) is 0.530. The third-order valence-corrected chi connectivity index (χ3v) is 3.43. The highest BCUT2D eigenvalue weighted by Gasteiger charge is 2.09. The Labute approximate surface area is 138 Å². The Hall–Kier alpha value is -3.41. The minimum Gasteiger partial charge on any atom is -0.488 e. The van der Waals surface area contributed by atoms with E-state index in [1.54, 1.807) is 12.1 Å². The summed E-state index contributed by atoms with van der Waals surface area (Å²) >= 11 is 0. The molecule has 1 amide bonds. The summed E-state index contributed by atoms with van der Waals surface area (Å²) in [4.78, 5) is 22.2. The minimum atomic E-state index is -0.507. The molecular weight excluding hydrogens is 308 g/mol. The Kier molecular flexibility index (Phi) is 4.38. The Morgan fingerprint density at radius 3 is 2.88 bits per heavy atom. The van der Waals surface area contributed by atoms with E-state index in [1.165, 1.54) is 24.3 Å². The summed E-state index contributed by atoms with van der Waals surface area (Å²) in [5.74, 6) is 0.450. The van der Waals surface area contributed by atoms with E-state index in [4.69, 9.17) is 4.74 Å². The molecule has 0 saturated carbocycles. The number of carbonyl (C=O) groups excluding carboxylic acids is 1. The zero-order valence-electron chi connectivity index (χ0n) is 12.6. The first-order chi connectivity index (χ1) is 11.6. The predicted octanol–water partition coefficient (Wildman–Crippen LogP) is 3.57. The van der Waals surface area contributed by atoms with Crippen LogP contribution in [0.15, 0.2) is 66.3 Å². The molecule has 2 aromatic carbocycles. The summed E-state index contributed by atoms with van der Waals surface area (Å²) < 4.78 is 5.60. The Morgan fingerprint density at radius 1 is 1.21 bits per heavy atom. The highest BCUT2D eigenvalue weighted by molar-refractivity contribution is 5.99. The molecule has 0 unspecified atom stereocenters. The topological polar surface area (TPSA) is 81.5 Å². The lowest BCUT2D eigenvalue weighted by atomic mass is 10.1. The van der Waals surface area contributed by atoms with E-state index < -0.39 is 4.92 Å². The van der Waals surface area contributed by atoms with Crippen LogP contribution in [0.1, 0.15) is 5.56 Å². The SMILES string of the molecule is O=C(C=CC1=Cc2ccccc2OC1)Nc1cccc([N+](=O)[O-])c1. The van der Waals surface area contributed by atoms with Gasteiger partial charge in [0, 0.05) is 29.5 Å². The molecule has 1 N–H and O–H groups in total. The first kappa shape index (κ1) is 15.5. The molecule has 1 aliphatic heterocycles. The van der Waals surface area contributed by atoms with Gasteiger partial charge >= 0.3 is 0 Å². The van der Waals surface area contributed by atoms with E-state index in [0.29, 0.717) is 12.3 Å². The van der Waals surface area contributed by atoms with E-state index in [9.17, 15) is 14.9 Å². The van der Waals surface area contributed by atoms with Gasteiger partial charge in [0.15, 0.2) is 0 Å². The van der Waals surface area contributed by atoms with E-state index in [2.05, 4.69) is 5.32 Å². The summed E-state index contributed by atoms with van der Waals surface area (Å²) in [5, 5.41) is 13.3. The number of non-ortho nitro benzene ring substituents is 1. The number of carbonyl (C=O) groups is 1. The van der Waals surface area contributed by atoms with Crippen molar-refractivity contribution in [1.29, 1.82) is 0 Å². The number of hydrogen-bond acceptors (Lipinski definition) is 4. The fourth-order valence-electron chi connectivity index (χ4n) is 2.29. The Morgan fingerprint density at radius 2 is 2.04 bits per heavy atom. The number of nitrogens with one attached hydrogen (secondary N) is 1. The number of nitrogens with zero attached hydrogens (tertiary/aromatic N) is 1. The zero-order chi connectivity index (χ0) is 16.9. The van der Waals surface area contributed by atoms with Crippen LogP contribution >= 0.6 is 0 Å². The van der Waals surface area contributed by atoms with Gasteiger partial charge in [-0.05, 0) is 23.8 Å². The van der Waals surface area contributed by atoms with Crippen LogP contribution in [-0.2, 0) is 4.79 Å². The second-order valence-electron chi connectivity index (χ2n) is 5.18. The molecule has 6 heteroatoms. The molecule has 0 aromatic heterocycles. The van der Waals surface area contributed by atoms with Gasteiger partial charge in [0.05, 0.1) is 4.92 Å². The molecule has 0 fully saturated rings. The summed E-state index contributed by atoms with van der Waals surface area (Å²) in [5.41, 5.74) is 2.13. The lowest BCUT2D eigenvalue weighted by Gasteiger charge is -2.15. The normalized spacial score (nSPS) is 12.9. The van der Waals surface area contributed by atoms with E-state index in [0.717, 1.165) is 16.9 Å². The monoisotopic (exact) mass is 322 g/mol. The van der Waals surface area contributed by atoms with Crippen molar-refractivity contribution in [2.24, 2.45) is 0 Å². The largest absolute Gasteiger partial charge is 0.488 e. The fourth-order valence-corrected chi connectivity index (χ4v) is 2.29. The zero-order valence-corrected chi connectivity index (χ0v) is 12.6. The molecule has 6 nitrogen and oxygen atoms in total. The number of ether oxygens (including phenoxy) is 1. The standard InChI is InChI=1S/C18H14N2O4/c21-18(19-15-5-3-6-16(11-15)20(22)23)9-8-13-10-14-4-1-2-7-17(14)24-12-13/h1-11H,12H2,(H,19,21). The molecule has 0 bridgehead atoms. The molecule has 120 valence electrons. The maximum Gasteiger partial charge on any atom is 0.271 e. The summed E-state index contributed by atoms with van der Waals surface area (Å²) in [6.07, 6.45) is 5.00. The van der Waals surface area contributed by atoms with Crippen molar-refractivity contribution in [3.63, 3.8) is 0 Å². The van der Waals surface area contributed by atoms with Crippen LogP contribution in [0.3, 0.4) is 0 Å². The molecule has 0 spiro atoms. The number of anilines is 1. The van der Waals surface area contributed by atoms with Gasteiger partial charge in [-0.15, -0.1) is 0 Å². The van der Waals surface area contributed by atoms with Gasteiger partial charge in [-0.2, -0.15) is 0 Å². The van der Waals surface area contributed by atoms with E-state index in [-0.39, 0.29) is 11.6 Å². The average Bonchev–Trinajstić information content (AvgIpc) is 2.60. The van der Waals surface area contributed by atoms with E-state index in [1.807, 2.05) is 30.3 Å². The van der Waals surface area contributed by atoms with Gasteiger partial charge in [0.2, 0.25) is 5.91 Å². The number of nitro benzene ring substituents is 1. The van der Waals surface area contributed by atoms with Gasteiger partial charge in [-0.1, -0.05) is 30.3 Å². The highest BCUT2D eigenvalue weighted by atomic mass is 16.6. The van der Waals surface area contributed by atoms with Crippen LogP contribution in [0.2, 0.25) is 0 Å². The maximum absolute atomic E-state index is 11.9. The van der Waals surface area contributed by atoms with Gasteiger partial charge in [0.1, 0.15) is 12.4 Å². The van der Waals surface area contributed by atoms with Crippen molar-refractivity contribution >= 4 is 23.4 Å². The minimum absolute atomic E-state index is 0.0724. The van der Waals surface area contributed by atoms with Crippen molar-refractivity contribution in [1.82, 2.24) is 0 Å². The van der Waals surface area contributed by atoms with Gasteiger partial charge < -0.3 is 10.1 Å². The average molecular weight is 322 g/mol. The number of nitro groups is 1. The summed E-state index contributed by atoms with van der Waals surface area (Å²) in [6.45, 7) is 0.387. The molecule has 0 atom stereocenters. The third kappa shape index (κ3) is 3.67. The molecule has 24 heavy (non-hydrogen) atoms. The number of amides is 1. The van der Waals surface area contributed by atoms with Crippen LogP contribution in [0.5, 0.6) is 5.75 Å². The molecule has 0 saturated heterocycles. The van der Waals surface area contributed by atoms with Crippen molar-refractivity contribution in [3.05, 3.63) is 81.9 Å². The molecular formula is C18H14N2O4. The Bertz CT molecular complexity index is 856. The van der Waals surface area contributed by atoms with Crippen molar-refractivity contribution in [2.45, 2.75) is 0 Å². The molecule has 2 aromatic rings. The summed E-state index contributed by atoms with van der Waals surface area (Å²) in [7, 11) is 0. The van der Waals surface area contributed by atoms with Crippen LogP contribution < -0.4 is 10.1 Å². The summed E-state index contributed by atoms with van der Waals surface area (Å²) in [6, 6.07) is 13.4. The third-order valence-electron chi connectivity index (χ3n) is 3.43. The van der Waals surface area contributed by atoms with E-state index >= 15 is 0 Å². The van der Waals surface area contributed by atoms with Gasteiger partial charge in [-0.3, -0.25) is 14.9 Å². The van der Waals surface area contributed by atoms with Crippen molar-refractivity contribution in [2.75, 3.05) is 11.9 Å². The van der Waals surface area contributed by atoms with Crippen LogP contribution in [0, 0.1) is 10.1 Å². The lowest BCUT2D eigenvalue weighted by Crippen LogP contribution is -2.09. The predicted molar refractivity (Wildman–Crippen MR) is 90.8 cm³/mol. The highest BCUT2D eigenvalue weighted by Crippen LogP contribution is 2.26. The van der Waals surface area contributed by atoms with Gasteiger partial charge in [-0.25, -0.2) is 0 Å². The first-order valence-electron chi connectivity index (χ1n) is 7.28. The number of para-hydroxylation sites is 1. The number of fused-ring (bicyclic) bond motifs is 1. The number of hydrogen-bond donors (Lipinski definition) is 1. The number of benzene rings is 2. The van der Waals surface area contributed by atoms with Crippen LogP contribution in [0.4, 0.5) is 11.4 Å². The molecule has 1 aliphatic rings. The first-order valence-corrected chi connectivity index (χ1v) is 7.28. The lowest BCUT2D eigenvalue weighted by molar-refractivity contribution is -0.384. The van der Waals surface area contributed by atoms with Crippen molar-refractivity contribution in [3.8, 4) is 5.75 Å².